The number of halogens is 2. The van der Waals surface area contributed by atoms with E-state index < -0.39 is 16.0 Å². The van der Waals surface area contributed by atoms with Gasteiger partial charge >= 0.3 is 10.1 Å². The van der Waals surface area contributed by atoms with E-state index in [0.717, 1.165) is 42.6 Å². The number of hydrogen-bond acceptors (Lipinski definition) is 6. The molecule has 3 aliphatic rings. The molecule has 0 saturated heterocycles. The van der Waals surface area contributed by atoms with Crippen LogP contribution in [-0.4, -0.2) is 31.9 Å². The first-order valence-corrected chi connectivity index (χ1v) is 14.0. The van der Waals surface area contributed by atoms with Gasteiger partial charge in [-0.25, -0.2) is 0 Å². The highest BCUT2D eigenvalue weighted by atomic mass is 35.5. The second kappa shape index (κ2) is 9.36. The van der Waals surface area contributed by atoms with Gasteiger partial charge in [0.15, 0.2) is 17.3 Å². The Kier molecular flexibility index (Phi) is 6.52. The predicted octanol–water partition coefficient (Wildman–Crippen LogP) is 6.11. The fourth-order valence-corrected chi connectivity index (χ4v) is 7.01. The first-order chi connectivity index (χ1) is 17.1. The van der Waals surface area contributed by atoms with E-state index in [-0.39, 0.29) is 32.3 Å². The summed E-state index contributed by atoms with van der Waals surface area (Å²) >= 11 is 13.1. The van der Waals surface area contributed by atoms with Crippen LogP contribution in [0.25, 0.3) is 0 Å². The molecule has 0 radical (unpaired) electrons. The summed E-state index contributed by atoms with van der Waals surface area (Å²) in [5.41, 5.74) is 4.54. The van der Waals surface area contributed by atoms with Gasteiger partial charge in [-0.05, 0) is 62.4 Å². The number of aryl methyl sites for hydroxylation is 1. The molecule has 0 atom stereocenters. The Morgan fingerprint density at radius 3 is 1.86 bits per heavy atom. The van der Waals surface area contributed by atoms with Crippen LogP contribution in [0.2, 0.25) is 10.0 Å². The molecule has 2 aliphatic carbocycles. The minimum Gasteiger partial charge on any atom is -0.376 e. The van der Waals surface area contributed by atoms with Crippen LogP contribution in [0.15, 0.2) is 63.8 Å². The lowest BCUT2D eigenvalue weighted by Crippen LogP contribution is -2.37. The molecular weight excluding hydrogens is 521 g/mol. The lowest BCUT2D eigenvalue weighted by Gasteiger charge is -2.42. The van der Waals surface area contributed by atoms with Crippen LogP contribution in [0.4, 0.5) is 0 Å². The number of rotatable bonds is 4. The molecule has 1 aliphatic heterocycles. The molecule has 9 heteroatoms. The SMILES string of the molecule is Cc1ccc(S(=O)(=O)Oc2c(Cl)cc(C3C4=C(CCCC4=O)N(C)C4=C3C(=O)CCC4)cc2Cl)cc1. The average molecular weight is 546 g/mol. The Labute approximate surface area is 220 Å². The van der Waals surface area contributed by atoms with E-state index in [0.29, 0.717) is 29.6 Å². The van der Waals surface area contributed by atoms with Crippen molar-refractivity contribution in [3.63, 3.8) is 0 Å². The van der Waals surface area contributed by atoms with Gasteiger partial charge in [-0.1, -0.05) is 40.9 Å². The number of carbonyl (C=O) groups excluding carboxylic acids is 2. The minimum absolute atomic E-state index is 0.00698. The molecule has 0 aromatic heterocycles. The summed E-state index contributed by atoms with van der Waals surface area (Å²) in [5.74, 6) is -0.770. The maximum Gasteiger partial charge on any atom is 0.339 e. The third kappa shape index (κ3) is 4.27. The minimum atomic E-state index is -4.18. The van der Waals surface area contributed by atoms with E-state index in [4.69, 9.17) is 27.4 Å². The molecule has 0 bridgehead atoms. The average Bonchev–Trinajstić information content (AvgIpc) is 2.83. The van der Waals surface area contributed by atoms with E-state index in [1.54, 1.807) is 24.3 Å². The predicted molar refractivity (Wildman–Crippen MR) is 138 cm³/mol. The largest absolute Gasteiger partial charge is 0.376 e. The summed E-state index contributed by atoms with van der Waals surface area (Å²) in [4.78, 5) is 28.3. The third-order valence-electron chi connectivity index (χ3n) is 7.10. The molecule has 0 N–H and O–H groups in total. The summed E-state index contributed by atoms with van der Waals surface area (Å²) in [6, 6.07) is 9.35. The highest BCUT2D eigenvalue weighted by Crippen LogP contribution is 2.50. The lowest BCUT2D eigenvalue weighted by molar-refractivity contribution is -0.117. The van der Waals surface area contributed by atoms with Crippen LogP contribution in [0.1, 0.15) is 55.6 Å². The van der Waals surface area contributed by atoms with E-state index in [1.807, 2.05) is 18.9 Å². The number of ketones is 2. The van der Waals surface area contributed by atoms with Gasteiger partial charge in [0.2, 0.25) is 0 Å². The number of carbonyl (C=O) groups is 2. The van der Waals surface area contributed by atoms with Crippen molar-refractivity contribution in [2.75, 3.05) is 7.05 Å². The van der Waals surface area contributed by atoms with Gasteiger partial charge in [0, 0.05) is 48.3 Å². The summed E-state index contributed by atoms with van der Waals surface area (Å²) in [6.45, 7) is 1.85. The van der Waals surface area contributed by atoms with Crippen LogP contribution in [-0.2, 0) is 19.7 Å². The number of allylic oxidation sites excluding steroid dienone is 4. The fourth-order valence-electron chi connectivity index (χ4n) is 5.37. The monoisotopic (exact) mass is 545 g/mol. The number of Topliss-reactive ketones (excluding diaryl/α,β-unsaturated/α-hetero) is 2. The molecule has 0 fully saturated rings. The van der Waals surface area contributed by atoms with Crippen molar-refractivity contribution in [2.45, 2.75) is 56.3 Å². The number of nitrogens with zero attached hydrogens (tertiary/aromatic N) is 1. The van der Waals surface area contributed by atoms with Crippen LogP contribution in [0.5, 0.6) is 5.75 Å². The van der Waals surface area contributed by atoms with Crippen molar-refractivity contribution in [3.8, 4) is 5.75 Å². The first-order valence-electron chi connectivity index (χ1n) is 11.8. The smallest absolute Gasteiger partial charge is 0.339 e. The van der Waals surface area contributed by atoms with Gasteiger partial charge in [-0.2, -0.15) is 8.42 Å². The maximum atomic E-state index is 13.2. The summed E-state index contributed by atoms with van der Waals surface area (Å²) in [6.07, 6.45) is 3.84. The molecule has 0 saturated carbocycles. The quantitative estimate of drug-likeness (QED) is 0.431. The Balaban J connectivity index is 1.60. The van der Waals surface area contributed by atoms with Crippen LogP contribution >= 0.6 is 23.2 Å². The zero-order chi connectivity index (χ0) is 25.8. The molecule has 1 heterocycles. The third-order valence-corrected chi connectivity index (χ3v) is 8.90. The molecule has 36 heavy (non-hydrogen) atoms. The molecule has 5 rings (SSSR count). The van der Waals surface area contributed by atoms with E-state index >= 15 is 0 Å². The fraction of sp³-hybridized carbons (Fsp3) is 0.333. The lowest BCUT2D eigenvalue weighted by atomic mass is 9.71. The Bertz CT molecular complexity index is 1390. The molecule has 2 aromatic rings. The van der Waals surface area contributed by atoms with Crippen molar-refractivity contribution >= 4 is 44.9 Å². The van der Waals surface area contributed by atoms with Crippen molar-refractivity contribution in [1.29, 1.82) is 0 Å². The summed E-state index contributed by atoms with van der Waals surface area (Å²) in [7, 11) is -2.26. The zero-order valence-electron chi connectivity index (χ0n) is 19.9. The van der Waals surface area contributed by atoms with Crippen molar-refractivity contribution in [2.24, 2.45) is 0 Å². The van der Waals surface area contributed by atoms with E-state index in [2.05, 4.69) is 0 Å². The molecule has 6 nitrogen and oxygen atoms in total. The summed E-state index contributed by atoms with van der Waals surface area (Å²) < 4.78 is 31.1. The topological polar surface area (TPSA) is 80.8 Å². The van der Waals surface area contributed by atoms with Gasteiger partial charge in [-0.15, -0.1) is 0 Å². The van der Waals surface area contributed by atoms with Gasteiger partial charge < -0.3 is 9.08 Å². The van der Waals surface area contributed by atoms with Crippen molar-refractivity contribution < 1.29 is 22.2 Å². The highest BCUT2D eigenvalue weighted by Gasteiger charge is 2.42. The van der Waals surface area contributed by atoms with Crippen molar-refractivity contribution in [3.05, 3.63) is 80.1 Å². The number of hydrogen-bond donors (Lipinski definition) is 0. The zero-order valence-corrected chi connectivity index (χ0v) is 22.3. The number of benzene rings is 2. The molecule has 2 aromatic carbocycles. The molecule has 0 unspecified atom stereocenters. The Morgan fingerprint density at radius 2 is 1.36 bits per heavy atom. The second-order valence-corrected chi connectivity index (χ2v) is 11.8. The van der Waals surface area contributed by atoms with Gasteiger partial charge in [-0.3, -0.25) is 9.59 Å². The molecule has 0 amide bonds. The summed E-state index contributed by atoms with van der Waals surface area (Å²) in [5, 5.41) is -0.0223. The Hall–Kier alpha value is -2.61. The van der Waals surface area contributed by atoms with Gasteiger partial charge in [0.1, 0.15) is 4.90 Å². The van der Waals surface area contributed by atoms with Crippen molar-refractivity contribution in [1.82, 2.24) is 4.90 Å². The molecule has 0 spiro atoms. The van der Waals surface area contributed by atoms with E-state index in [1.165, 1.54) is 12.1 Å². The van der Waals surface area contributed by atoms with Crippen LogP contribution < -0.4 is 4.18 Å². The van der Waals surface area contributed by atoms with E-state index in [9.17, 15) is 18.0 Å². The molecule has 188 valence electrons. The van der Waals surface area contributed by atoms with Gasteiger partial charge in [0.05, 0.1) is 10.0 Å². The molecular formula is C27H25Cl2NO5S. The first kappa shape index (κ1) is 25.1. The highest BCUT2D eigenvalue weighted by molar-refractivity contribution is 7.87. The van der Waals surface area contributed by atoms with Crippen LogP contribution in [0, 0.1) is 6.92 Å². The standard InChI is InChI=1S/C27H25Cl2NO5S/c1-15-9-11-17(12-10-15)36(33,34)35-27-18(28)13-16(14-19(27)29)24-25-20(5-3-7-22(25)31)30(2)21-6-4-8-23(32)26(21)24/h9-14,24H,3-8H2,1-2H3. The second-order valence-electron chi connectivity index (χ2n) is 9.43. The maximum absolute atomic E-state index is 13.2. The normalized spacial score (nSPS) is 18.9. The van der Waals surface area contributed by atoms with Crippen LogP contribution in [0.3, 0.4) is 0 Å². The van der Waals surface area contributed by atoms with Gasteiger partial charge in [0.25, 0.3) is 0 Å². The Morgan fingerprint density at radius 1 is 0.861 bits per heavy atom.